The Morgan fingerprint density at radius 1 is 1.32 bits per heavy atom. The fourth-order valence-electron chi connectivity index (χ4n) is 1.81. The number of thioether (sulfide) groups is 1. The zero-order valence-electron chi connectivity index (χ0n) is 9.78. The van der Waals surface area contributed by atoms with Gasteiger partial charge in [0, 0.05) is 11.3 Å². The van der Waals surface area contributed by atoms with Gasteiger partial charge in [0.1, 0.15) is 5.54 Å². The first kappa shape index (κ1) is 13.8. The zero-order chi connectivity index (χ0) is 14.0. The second kappa shape index (κ2) is 5.16. The first-order chi connectivity index (χ1) is 8.94. The van der Waals surface area contributed by atoms with Crippen LogP contribution in [0.15, 0.2) is 18.2 Å². The molecule has 1 aliphatic rings. The van der Waals surface area contributed by atoms with Gasteiger partial charge in [-0.2, -0.15) is 11.8 Å². The van der Waals surface area contributed by atoms with E-state index in [4.69, 9.17) is 0 Å². The van der Waals surface area contributed by atoms with E-state index in [1.165, 1.54) is 11.8 Å². The molecule has 19 heavy (non-hydrogen) atoms. The highest BCUT2D eigenvalue weighted by atomic mass is 32.2. The van der Waals surface area contributed by atoms with Gasteiger partial charge in [-0.15, -0.1) is 0 Å². The molecule has 1 unspecified atom stereocenters. The highest BCUT2D eigenvalue weighted by Gasteiger charge is 2.43. The maximum atomic E-state index is 13.0. The molecule has 1 aromatic rings. The summed E-state index contributed by atoms with van der Waals surface area (Å²) < 4.78 is 25.8. The summed E-state index contributed by atoms with van der Waals surface area (Å²) in [6.07, 6.45) is 0.308. The summed E-state index contributed by atoms with van der Waals surface area (Å²) in [5.74, 6) is -3.14. The van der Waals surface area contributed by atoms with Crippen LogP contribution < -0.4 is 5.32 Å². The molecule has 1 heterocycles. The minimum absolute atomic E-state index is 0.101. The van der Waals surface area contributed by atoms with Gasteiger partial charge in [-0.1, -0.05) is 0 Å². The van der Waals surface area contributed by atoms with Crippen molar-refractivity contribution in [1.82, 2.24) is 5.32 Å². The number of aliphatic carboxylic acids is 1. The molecule has 0 aromatic heterocycles. The molecular formula is C12H11F2NO3S. The average molecular weight is 287 g/mol. The molecule has 102 valence electrons. The van der Waals surface area contributed by atoms with E-state index in [2.05, 4.69) is 5.32 Å². The van der Waals surface area contributed by atoms with E-state index in [0.717, 1.165) is 18.2 Å². The van der Waals surface area contributed by atoms with Crippen LogP contribution in [0.4, 0.5) is 8.78 Å². The first-order valence-corrected chi connectivity index (χ1v) is 6.69. The number of hydrogen-bond donors (Lipinski definition) is 2. The monoisotopic (exact) mass is 287 g/mol. The van der Waals surface area contributed by atoms with Crippen molar-refractivity contribution in [3.05, 3.63) is 35.4 Å². The van der Waals surface area contributed by atoms with E-state index < -0.39 is 29.0 Å². The van der Waals surface area contributed by atoms with Crippen molar-refractivity contribution in [1.29, 1.82) is 0 Å². The lowest BCUT2D eigenvalue weighted by Crippen LogP contribution is -2.54. The van der Waals surface area contributed by atoms with Crippen LogP contribution in [0.2, 0.25) is 0 Å². The van der Waals surface area contributed by atoms with Gasteiger partial charge in [0.15, 0.2) is 11.6 Å². The van der Waals surface area contributed by atoms with Crippen LogP contribution in [0, 0.1) is 11.6 Å². The van der Waals surface area contributed by atoms with Crippen molar-refractivity contribution in [2.75, 3.05) is 11.5 Å². The Bertz CT molecular complexity index is 530. The topological polar surface area (TPSA) is 66.4 Å². The largest absolute Gasteiger partial charge is 0.479 e. The number of hydrogen-bond acceptors (Lipinski definition) is 3. The van der Waals surface area contributed by atoms with Crippen LogP contribution in [0.3, 0.4) is 0 Å². The predicted molar refractivity (Wildman–Crippen MR) is 66.1 cm³/mol. The molecule has 0 bridgehead atoms. The molecule has 7 heteroatoms. The molecule has 2 N–H and O–H groups in total. The number of benzene rings is 1. The van der Waals surface area contributed by atoms with Crippen LogP contribution in [0.1, 0.15) is 16.8 Å². The quantitative estimate of drug-likeness (QED) is 0.887. The highest BCUT2D eigenvalue weighted by molar-refractivity contribution is 7.99. The molecule has 4 nitrogen and oxygen atoms in total. The highest BCUT2D eigenvalue weighted by Crippen LogP contribution is 2.28. The summed E-state index contributed by atoms with van der Waals surface area (Å²) in [5.41, 5.74) is -1.43. The Labute approximate surface area is 112 Å². The fraction of sp³-hybridized carbons (Fsp3) is 0.333. The second-order valence-electron chi connectivity index (χ2n) is 4.27. The molecule has 2 rings (SSSR count). The molecule has 1 aliphatic heterocycles. The van der Waals surface area contributed by atoms with Crippen LogP contribution in [-0.4, -0.2) is 34.0 Å². The summed E-state index contributed by atoms with van der Waals surface area (Å²) in [5, 5.41) is 11.6. The first-order valence-electron chi connectivity index (χ1n) is 5.53. The van der Waals surface area contributed by atoms with E-state index in [-0.39, 0.29) is 11.3 Å². The molecule has 0 saturated carbocycles. The number of carbonyl (C=O) groups is 2. The summed E-state index contributed by atoms with van der Waals surface area (Å²) in [6.45, 7) is 0. The van der Waals surface area contributed by atoms with Crippen LogP contribution >= 0.6 is 11.8 Å². The molecule has 0 aliphatic carbocycles. The Morgan fingerprint density at radius 3 is 2.58 bits per heavy atom. The number of carboxylic acid groups (broad SMARTS) is 1. The third kappa shape index (κ3) is 2.70. The number of rotatable bonds is 3. The van der Waals surface area contributed by atoms with Crippen molar-refractivity contribution < 1.29 is 23.5 Å². The fourth-order valence-corrected chi connectivity index (χ4v) is 3.14. The van der Waals surface area contributed by atoms with E-state index >= 15 is 0 Å². The Hall–Kier alpha value is -1.63. The number of carboxylic acids is 1. The summed E-state index contributed by atoms with van der Waals surface area (Å²) in [6, 6.07) is 2.70. The normalized spacial score (nSPS) is 22.2. The van der Waals surface area contributed by atoms with Crippen molar-refractivity contribution in [2.45, 2.75) is 12.0 Å². The Kier molecular flexibility index (Phi) is 3.75. The van der Waals surface area contributed by atoms with Crippen LogP contribution in [0.25, 0.3) is 0 Å². The van der Waals surface area contributed by atoms with E-state index in [1.54, 1.807) is 0 Å². The molecule has 1 atom stereocenters. The summed E-state index contributed by atoms with van der Waals surface area (Å²) in [4.78, 5) is 23.2. The molecule has 0 spiro atoms. The van der Waals surface area contributed by atoms with E-state index in [9.17, 15) is 23.5 Å². The number of carbonyl (C=O) groups excluding carboxylic acids is 1. The third-order valence-corrected chi connectivity index (χ3v) is 4.16. The van der Waals surface area contributed by atoms with Crippen molar-refractivity contribution in [3.8, 4) is 0 Å². The standard InChI is InChI=1S/C12H11F2NO3S/c13-8-2-1-7(5-9(8)14)10(16)15-12(11(17)18)3-4-19-6-12/h1-2,5H,3-4,6H2,(H,15,16)(H,17,18). The number of nitrogens with one attached hydrogen (secondary N) is 1. The maximum absolute atomic E-state index is 13.0. The van der Waals surface area contributed by atoms with Gasteiger partial charge in [-0.05, 0) is 30.4 Å². The van der Waals surface area contributed by atoms with E-state index in [0.29, 0.717) is 12.2 Å². The van der Waals surface area contributed by atoms with Gasteiger partial charge in [0.2, 0.25) is 0 Å². The molecular weight excluding hydrogens is 276 g/mol. The van der Waals surface area contributed by atoms with Crippen molar-refractivity contribution in [2.24, 2.45) is 0 Å². The average Bonchev–Trinajstić information content (AvgIpc) is 2.82. The molecule has 1 amide bonds. The molecule has 1 saturated heterocycles. The van der Waals surface area contributed by atoms with Crippen LogP contribution in [-0.2, 0) is 4.79 Å². The van der Waals surface area contributed by atoms with Gasteiger partial charge < -0.3 is 10.4 Å². The maximum Gasteiger partial charge on any atom is 0.330 e. The second-order valence-corrected chi connectivity index (χ2v) is 5.38. The zero-order valence-corrected chi connectivity index (χ0v) is 10.6. The Balaban J connectivity index is 2.20. The molecule has 1 fully saturated rings. The molecule has 1 aromatic carbocycles. The predicted octanol–water partition coefficient (Wildman–Crippen LogP) is 1.65. The minimum atomic E-state index is -1.33. The van der Waals surface area contributed by atoms with Crippen molar-refractivity contribution >= 4 is 23.6 Å². The van der Waals surface area contributed by atoms with Gasteiger partial charge >= 0.3 is 5.97 Å². The van der Waals surface area contributed by atoms with Gasteiger partial charge in [-0.3, -0.25) is 4.79 Å². The molecule has 0 radical (unpaired) electrons. The minimum Gasteiger partial charge on any atom is -0.479 e. The third-order valence-electron chi connectivity index (χ3n) is 2.97. The van der Waals surface area contributed by atoms with Gasteiger partial charge in [0.25, 0.3) is 5.91 Å². The lowest BCUT2D eigenvalue weighted by atomic mass is 9.98. The SMILES string of the molecule is O=C(NC1(C(=O)O)CCSC1)c1ccc(F)c(F)c1. The van der Waals surface area contributed by atoms with Gasteiger partial charge in [-0.25, -0.2) is 13.6 Å². The van der Waals surface area contributed by atoms with E-state index in [1.807, 2.05) is 0 Å². The van der Waals surface area contributed by atoms with Crippen molar-refractivity contribution in [3.63, 3.8) is 0 Å². The van der Waals surface area contributed by atoms with Crippen LogP contribution in [0.5, 0.6) is 0 Å². The lowest BCUT2D eigenvalue weighted by Gasteiger charge is -2.24. The smallest absolute Gasteiger partial charge is 0.330 e. The number of amides is 1. The lowest BCUT2D eigenvalue weighted by molar-refractivity contribution is -0.143. The Morgan fingerprint density at radius 2 is 2.05 bits per heavy atom. The number of halogens is 2. The summed E-state index contributed by atoms with van der Waals surface area (Å²) >= 11 is 1.42. The summed E-state index contributed by atoms with van der Waals surface area (Å²) in [7, 11) is 0. The van der Waals surface area contributed by atoms with Gasteiger partial charge in [0.05, 0.1) is 0 Å².